The Morgan fingerprint density at radius 2 is 2.08 bits per heavy atom. The number of halogens is 1. The topological polar surface area (TPSA) is 61.9 Å². The molecule has 0 saturated heterocycles. The number of rotatable bonds is 3. The van der Waals surface area contributed by atoms with Crippen LogP contribution in [0.15, 0.2) is 51.9 Å². The molecule has 5 nitrogen and oxygen atoms in total. The molecule has 0 radical (unpaired) electrons. The van der Waals surface area contributed by atoms with Gasteiger partial charge in [-0.05, 0) is 24.6 Å². The minimum Gasteiger partial charge on any atom is -0.310 e. The van der Waals surface area contributed by atoms with Crippen molar-refractivity contribution in [3.05, 3.63) is 80.1 Å². The maximum atomic E-state index is 12.2. The molecule has 1 aliphatic heterocycles. The molecule has 6 heteroatoms. The average Bonchev–Trinajstić information content (AvgIpc) is 2.63. The summed E-state index contributed by atoms with van der Waals surface area (Å²) in [6.45, 7) is 4.13. The zero-order valence-electron chi connectivity index (χ0n) is 14.5. The first kappa shape index (κ1) is 17.1. The van der Waals surface area contributed by atoms with Gasteiger partial charge in [0.1, 0.15) is 5.82 Å². The summed E-state index contributed by atoms with van der Waals surface area (Å²) in [5, 5.41) is 0. The predicted molar refractivity (Wildman–Crippen MR) is 105 cm³/mol. The highest BCUT2D eigenvalue weighted by molar-refractivity contribution is 9.10. The lowest BCUT2D eigenvalue weighted by Gasteiger charge is -2.27. The molecular formula is C20H19BrN4O. The van der Waals surface area contributed by atoms with E-state index in [1.807, 2.05) is 37.4 Å². The van der Waals surface area contributed by atoms with Crippen LogP contribution in [0.25, 0.3) is 11.3 Å². The van der Waals surface area contributed by atoms with Crippen LogP contribution < -0.4 is 5.56 Å². The van der Waals surface area contributed by atoms with Crippen molar-refractivity contribution in [2.75, 3.05) is 6.54 Å². The third-order valence-corrected chi connectivity index (χ3v) is 5.34. The van der Waals surface area contributed by atoms with E-state index in [1.54, 1.807) is 0 Å². The zero-order chi connectivity index (χ0) is 18.1. The largest absolute Gasteiger partial charge is 0.310 e. The van der Waals surface area contributed by atoms with Crippen LogP contribution in [0.2, 0.25) is 0 Å². The third kappa shape index (κ3) is 3.48. The second-order valence-electron chi connectivity index (χ2n) is 6.57. The van der Waals surface area contributed by atoms with Crippen molar-refractivity contribution >= 4 is 15.9 Å². The summed E-state index contributed by atoms with van der Waals surface area (Å²) < 4.78 is 1.04. The number of aromatic amines is 1. The Balaban J connectivity index is 1.50. The fourth-order valence-electron chi connectivity index (χ4n) is 3.34. The van der Waals surface area contributed by atoms with Crippen LogP contribution in [0.4, 0.5) is 0 Å². The van der Waals surface area contributed by atoms with Crippen molar-refractivity contribution in [3.63, 3.8) is 0 Å². The van der Waals surface area contributed by atoms with E-state index in [0.717, 1.165) is 52.1 Å². The lowest BCUT2D eigenvalue weighted by molar-refractivity contribution is 0.241. The van der Waals surface area contributed by atoms with Gasteiger partial charge in [-0.1, -0.05) is 40.2 Å². The van der Waals surface area contributed by atoms with Crippen molar-refractivity contribution in [2.24, 2.45) is 0 Å². The van der Waals surface area contributed by atoms with E-state index in [4.69, 9.17) is 0 Å². The van der Waals surface area contributed by atoms with Crippen LogP contribution in [-0.4, -0.2) is 26.4 Å². The maximum Gasteiger partial charge on any atom is 0.255 e. The number of nitrogens with one attached hydrogen (secondary N) is 1. The Bertz CT molecular complexity index is 997. The molecule has 2 aromatic heterocycles. The average molecular weight is 411 g/mol. The van der Waals surface area contributed by atoms with Crippen LogP contribution in [0.5, 0.6) is 0 Å². The number of fused-ring (bicyclic) bond motifs is 1. The number of aromatic nitrogens is 3. The van der Waals surface area contributed by atoms with E-state index in [1.165, 1.54) is 0 Å². The smallest absolute Gasteiger partial charge is 0.255 e. The SMILES string of the molecule is Cc1nc2c(c(=O)[nH]1)CN(Cc1ccc(-c3ccccc3Br)nc1)CC2. The summed E-state index contributed by atoms with van der Waals surface area (Å²) in [6, 6.07) is 12.2. The van der Waals surface area contributed by atoms with Crippen molar-refractivity contribution in [2.45, 2.75) is 26.4 Å². The summed E-state index contributed by atoms with van der Waals surface area (Å²) in [5.74, 6) is 0.689. The van der Waals surface area contributed by atoms with Gasteiger partial charge in [0.2, 0.25) is 0 Å². The first-order valence-corrected chi connectivity index (χ1v) is 9.40. The van der Waals surface area contributed by atoms with Crippen LogP contribution in [0.1, 0.15) is 22.6 Å². The van der Waals surface area contributed by atoms with E-state index < -0.39 is 0 Å². The maximum absolute atomic E-state index is 12.2. The first-order valence-electron chi connectivity index (χ1n) is 8.61. The highest BCUT2D eigenvalue weighted by Crippen LogP contribution is 2.26. The molecule has 26 heavy (non-hydrogen) atoms. The Labute approximate surface area is 160 Å². The standard InChI is InChI=1S/C20H19BrN4O/c1-13-23-19-8-9-25(12-16(19)20(26)24-13)11-14-6-7-18(22-10-14)15-4-2-3-5-17(15)21/h2-7,10H,8-9,11-12H2,1H3,(H,23,24,26). The van der Waals surface area contributed by atoms with Crippen molar-refractivity contribution in [1.82, 2.24) is 19.9 Å². The van der Waals surface area contributed by atoms with Gasteiger partial charge in [-0.2, -0.15) is 0 Å². The molecule has 1 aliphatic rings. The number of benzene rings is 1. The van der Waals surface area contributed by atoms with Gasteiger partial charge in [-0.25, -0.2) is 4.98 Å². The third-order valence-electron chi connectivity index (χ3n) is 4.65. The van der Waals surface area contributed by atoms with Gasteiger partial charge in [-0.15, -0.1) is 0 Å². The molecule has 0 atom stereocenters. The molecule has 0 fully saturated rings. The molecule has 0 saturated carbocycles. The van der Waals surface area contributed by atoms with Gasteiger partial charge < -0.3 is 4.98 Å². The van der Waals surface area contributed by atoms with Gasteiger partial charge in [0.25, 0.3) is 5.56 Å². The number of H-pyrrole nitrogens is 1. The van der Waals surface area contributed by atoms with E-state index in [2.05, 4.69) is 47.9 Å². The Morgan fingerprint density at radius 3 is 2.85 bits per heavy atom. The van der Waals surface area contributed by atoms with E-state index in [0.29, 0.717) is 12.4 Å². The van der Waals surface area contributed by atoms with E-state index in [-0.39, 0.29) is 5.56 Å². The second kappa shape index (κ2) is 7.13. The number of pyridine rings is 1. The quantitative estimate of drug-likeness (QED) is 0.717. The predicted octanol–water partition coefficient (Wildman–Crippen LogP) is 3.46. The monoisotopic (exact) mass is 410 g/mol. The summed E-state index contributed by atoms with van der Waals surface area (Å²) in [6.07, 6.45) is 2.73. The van der Waals surface area contributed by atoms with Gasteiger partial charge in [0.05, 0.1) is 17.0 Å². The highest BCUT2D eigenvalue weighted by atomic mass is 79.9. The van der Waals surface area contributed by atoms with Gasteiger partial charge >= 0.3 is 0 Å². The lowest BCUT2D eigenvalue weighted by atomic mass is 10.1. The number of aryl methyl sites for hydroxylation is 1. The van der Waals surface area contributed by atoms with Gasteiger partial charge in [0, 0.05) is 42.3 Å². The number of hydrogen-bond acceptors (Lipinski definition) is 4. The van der Waals surface area contributed by atoms with Crippen LogP contribution in [0, 0.1) is 6.92 Å². The summed E-state index contributed by atoms with van der Waals surface area (Å²) in [7, 11) is 0. The molecule has 1 N–H and O–H groups in total. The normalized spacial score (nSPS) is 14.2. The summed E-state index contributed by atoms with van der Waals surface area (Å²) in [5.41, 5.74) is 4.88. The van der Waals surface area contributed by atoms with Crippen LogP contribution in [-0.2, 0) is 19.5 Å². The van der Waals surface area contributed by atoms with Crippen LogP contribution >= 0.6 is 15.9 Å². The highest BCUT2D eigenvalue weighted by Gasteiger charge is 2.20. The summed E-state index contributed by atoms with van der Waals surface area (Å²) in [4.78, 5) is 26.3. The molecule has 4 rings (SSSR count). The fraction of sp³-hybridized carbons (Fsp3) is 0.250. The molecule has 1 aromatic carbocycles. The first-order chi connectivity index (χ1) is 12.6. The van der Waals surface area contributed by atoms with Crippen molar-refractivity contribution in [1.29, 1.82) is 0 Å². The number of hydrogen-bond donors (Lipinski definition) is 1. The molecule has 0 amide bonds. The molecule has 0 bridgehead atoms. The number of nitrogens with zero attached hydrogens (tertiary/aromatic N) is 3. The lowest BCUT2D eigenvalue weighted by Crippen LogP contribution is -2.35. The van der Waals surface area contributed by atoms with Crippen molar-refractivity contribution in [3.8, 4) is 11.3 Å². The van der Waals surface area contributed by atoms with Crippen LogP contribution in [0.3, 0.4) is 0 Å². The Hall–Kier alpha value is -2.31. The van der Waals surface area contributed by atoms with E-state index >= 15 is 0 Å². The molecule has 0 spiro atoms. The zero-order valence-corrected chi connectivity index (χ0v) is 16.1. The molecule has 3 heterocycles. The van der Waals surface area contributed by atoms with Crippen molar-refractivity contribution < 1.29 is 0 Å². The van der Waals surface area contributed by atoms with Gasteiger partial charge in [-0.3, -0.25) is 14.7 Å². The van der Waals surface area contributed by atoms with Gasteiger partial charge in [0.15, 0.2) is 0 Å². The minimum atomic E-state index is -0.0143. The van der Waals surface area contributed by atoms with E-state index in [9.17, 15) is 4.79 Å². The minimum absolute atomic E-state index is 0.0143. The second-order valence-corrected chi connectivity index (χ2v) is 7.42. The molecule has 0 unspecified atom stereocenters. The Kier molecular flexibility index (Phi) is 4.70. The molecule has 3 aromatic rings. The molecule has 0 aliphatic carbocycles. The molecular weight excluding hydrogens is 392 g/mol. The molecule has 132 valence electrons. The Morgan fingerprint density at radius 1 is 1.23 bits per heavy atom. The summed E-state index contributed by atoms with van der Waals surface area (Å²) >= 11 is 3.57. The fourth-order valence-corrected chi connectivity index (χ4v) is 3.83.